The van der Waals surface area contributed by atoms with Crippen LogP contribution < -0.4 is 0 Å². The molecule has 0 saturated heterocycles. The highest BCUT2D eigenvalue weighted by molar-refractivity contribution is 5.74. The van der Waals surface area contributed by atoms with Gasteiger partial charge in [-0.2, -0.15) is 31.6 Å². The van der Waals surface area contributed by atoms with E-state index in [1.165, 1.54) is 30.3 Å². The molecule has 5 aromatic rings. The number of alkyl halides is 6. The molecule has 0 unspecified atom stereocenters. The van der Waals surface area contributed by atoms with E-state index in [2.05, 4.69) is 35.6 Å². The minimum Gasteiger partial charge on any atom is -0.251 e. The second-order valence-corrected chi connectivity index (χ2v) is 7.90. The number of rotatable bonds is 4. The van der Waals surface area contributed by atoms with Crippen molar-refractivity contribution in [1.29, 1.82) is 0 Å². The molecule has 192 valence electrons. The first-order chi connectivity index (χ1) is 18.0. The quantitative estimate of drug-likeness (QED) is 0.277. The zero-order chi connectivity index (χ0) is 27.1. The molecule has 3 aromatic heterocycles. The van der Waals surface area contributed by atoms with E-state index >= 15 is 0 Å². The molecule has 14 heteroatoms. The van der Waals surface area contributed by atoms with Crippen LogP contribution in [0, 0.1) is 5.82 Å². The predicted molar refractivity (Wildman–Crippen MR) is 119 cm³/mol. The van der Waals surface area contributed by atoms with Crippen molar-refractivity contribution in [3.8, 4) is 45.2 Å². The van der Waals surface area contributed by atoms with Crippen molar-refractivity contribution in [3.63, 3.8) is 0 Å². The van der Waals surface area contributed by atoms with Gasteiger partial charge in [0.25, 0.3) is 0 Å². The van der Waals surface area contributed by atoms with Gasteiger partial charge < -0.3 is 0 Å². The second kappa shape index (κ2) is 9.28. The van der Waals surface area contributed by atoms with Crippen LogP contribution in [-0.2, 0) is 12.4 Å². The van der Waals surface area contributed by atoms with E-state index in [0.717, 1.165) is 12.3 Å². The summed E-state index contributed by atoms with van der Waals surface area (Å²) in [6, 6.07) is 12.5. The fourth-order valence-electron chi connectivity index (χ4n) is 3.57. The van der Waals surface area contributed by atoms with E-state index < -0.39 is 29.6 Å². The molecule has 0 saturated carbocycles. The summed E-state index contributed by atoms with van der Waals surface area (Å²) in [4.78, 5) is 11.1. The molecule has 0 bridgehead atoms. The zero-order valence-electron chi connectivity index (χ0n) is 18.7. The monoisotopic (exact) mass is 531 g/mol. The lowest BCUT2D eigenvalue weighted by atomic mass is 10.00. The summed E-state index contributed by atoms with van der Waals surface area (Å²) in [6.45, 7) is 0. The molecule has 38 heavy (non-hydrogen) atoms. The maximum atomic E-state index is 14.3. The Labute approximate surface area is 208 Å². The van der Waals surface area contributed by atoms with Gasteiger partial charge in [-0.25, -0.2) is 14.4 Å². The van der Waals surface area contributed by atoms with Crippen LogP contribution in [0.4, 0.5) is 30.7 Å². The van der Waals surface area contributed by atoms with Crippen molar-refractivity contribution in [2.45, 2.75) is 12.4 Å². The van der Waals surface area contributed by atoms with E-state index in [1.807, 2.05) is 0 Å². The maximum absolute atomic E-state index is 14.3. The van der Waals surface area contributed by atoms with Crippen LogP contribution in [0.1, 0.15) is 11.4 Å². The molecule has 2 aromatic carbocycles. The molecule has 0 atom stereocenters. The molecule has 7 nitrogen and oxygen atoms in total. The van der Waals surface area contributed by atoms with Gasteiger partial charge in [0.15, 0.2) is 5.82 Å². The van der Waals surface area contributed by atoms with Gasteiger partial charge in [0.2, 0.25) is 5.82 Å². The first kappa shape index (κ1) is 24.9. The lowest BCUT2D eigenvalue weighted by molar-refractivity contribution is -0.141. The number of hydrogen-bond donors (Lipinski definition) is 1. The number of aromatic amines is 1. The normalized spacial score (nSPS) is 12.1. The molecule has 0 amide bonds. The largest absolute Gasteiger partial charge is 0.433 e. The van der Waals surface area contributed by atoms with Gasteiger partial charge in [0.1, 0.15) is 17.2 Å². The van der Waals surface area contributed by atoms with Crippen molar-refractivity contribution in [2.75, 3.05) is 0 Å². The average molecular weight is 531 g/mol. The van der Waals surface area contributed by atoms with Crippen LogP contribution in [-0.4, -0.2) is 35.6 Å². The number of halogens is 7. The summed E-state index contributed by atoms with van der Waals surface area (Å²) in [6.07, 6.45) is -8.78. The van der Waals surface area contributed by atoms with Gasteiger partial charge in [-0.15, -0.1) is 10.2 Å². The highest BCUT2D eigenvalue weighted by Crippen LogP contribution is 2.34. The third kappa shape index (κ3) is 5.05. The number of benzene rings is 2. The van der Waals surface area contributed by atoms with E-state index in [4.69, 9.17) is 0 Å². The summed E-state index contributed by atoms with van der Waals surface area (Å²) >= 11 is 0. The lowest BCUT2D eigenvalue weighted by Crippen LogP contribution is -2.11. The van der Waals surface area contributed by atoms with Crippen LogP contribution in [0.15, 0.2) is 66.9 Å². The molecule has 0 spiro atoms. The lowest BCUT2D eigenvalue weighted by Gasteiger charge is -2.12. The number of nitrogens with one attached hydrogen (secondary N) is 1. The molecule has 0 aliphatic rings. The second-order valence-electron chi connectivity index (χ2n) is 7.90. The van der Waals surface area contributed by atoms with E-state index in [9.17, 15) is 30.7 Å². The van der Waals surface area contributed by atoms with Crippen molar-refractivity contribution >= 4 is 0 Å². The van der Waals surface area contributed by atoms with Crippen LogP contribution in [0.25, 0.3) is 45.2 Å². The van der Waals surface area contributed by atoms with Gasteiger partial charge in [-0.1, -0.05) is 24.3 Å². The average Bonchev–Trinajstić information content (AvgIpc) is 3.43. The Morgan fingerprint density at radius 3 is 2.03 bits per heavy atom. The molecular formula is C24H12F7N7. The van der Waals surface area contributed by atoms with Gasteiger partial charge >= 0.3 is 12.4 Å². The summed E-state index contributed by atoms with van der Waals surface area (Å²) in [7, 11) is 0. The number of hydrogen-bond acceptors (Lipinski definition) is 6. The minimum absolute atomic E-state index is 0.0107. The third-order valence-electron chi connectivity index (χ3n) is 5.37. The SMILES string of the molecule is Fc1ccc(-c2cccc(-c3nc(-c4ccc(C(F)(F)F)nc4)cc(C(F)(F)F)n3)c2)cc1-c1nn[nH]n1. The summed E-state index contributed by atoms with van der Waals surface area (Å²) in [5, 5.41) is 13.1. The number of aromatic nitrogens is 7. The van der Waals surface area contributed by atoms with Gasteiger partial charge in [-0.05, 0) is 52.7 Å². The predicted octanol–water partition coefficient (Wildman–Crippen LogP) is 6.23. The Kier molecular flexibility index (Phi) is 6.09. The Balaban J connectivity index is 1.58. The van der Waals surface area contributed by atoms with Gasteiger partial charge in [0, 0.05) is 17.3 Å². The summed E-state index contributed by atoms with van der Waals surface area (Å²) < 4.78 is 93.9. The fourth-order valence-corrected chi connectivity index (χ4v) is 3.57. The van der Waals surface area contributed by atoms with E-state index in [-0.39, 0.29) is 34.0 Å². The van der Waals surface area contributed by atoms with Crippen molar-refractivity contribution in [3.05, 3.63) is 84.1 Å². The smallest absolute Gasteiger partial charge is 0.251 e. The van der Waals surface area contributed by atoms with Crippen LogP contribution in [0.3, 0.4) is 0 Å². The summed E-state index contributed by atoms with van der Waals surface area (Å²) in [5.41, 5.74) is -1.60. The first-order valence-corrected chi connectivity index (χ1v) is 10.6. The molecule has 0 aliphatic heterocycles. The first-order valence-electron chi connectivity index (χ1n) is 10.6. The molecule has 0 fully saturated rings. The zero-order valence-corrected chi connectivity index (χ0v) is 18.7. The molecule has 0 radical (unpaired) electrons. The van der Waals surface area contributed by atoms with E-state index in [0.29, 0.717) is 23.3 Å². The van der Waals surface area contributed by atoms with Crippen LogP contribution >= 0.6 is 0 Å². The number of nitrogens with zero attached hydrogens (tertiary/aromatic N) is 6. The van der Waals surface area contributed by atoms with Crippen LogP contribution in [0.2, 0.25) is 0 Å². The van der Waals surface area contributed by atoms with E-state index in [1.54, 1.807) is 12.1 Å². The molecule has 0 aliphatic carbocycles. The number of tetrazole rings is 1. The molecule has 1 N–H and O–H groups in total. The minimum atomic E-state index is -4.86. The Bertz CT molecular complexity index is 1600. The summed E-state index contributed by atoms with van der Waals surface area (Å²) in [5.74, 6) is -0.920. The molecule has 3 heterocycles. The van der Waals surface area contributed by atoms with Crippen molar-refractivity contribution in [2.24, 2.45) is 0 Å². The van der Waals surface area contributed by atoms with Crippen molar-refractivity contribution in [1.82, 2.24) is 35.6 Å². The van der Waals surface area contributed by atoms with Crippen LogP contribution in [0.5, 0.6) is 0 Å². The fraction of sp³-hybridized carbons (Fsp3) is 0.0833. The highest BCUT2D eigenvalue weighted by Gasteiger charge is 2.35. The molecule has 5 rings (SSSR count). The number of H-pyrrole nitrogens is 1. The highest BCUT2D eigenvalue weighted by atomic mass is 19.4. The number of pyridine rings is 1. The standard InChI is InChI=1S/C24H12F7N7/c25-17-6-4-13(9-16(17)22-35-37-38-36-22)12-2-1-3-14(8-12)21-33-18(10-20(34-21)24(29,30)31)15-5-7-19(32-11-15)23(26,27)28/h1-11H,(H,35,36,37,38). The maximum Gasteiger partial charge on any atom is 0.433 e. The third-order valence-corrected chi connectivity index (χ3v) is 5.37. The Hall–Kier alpha value is -4.75. The molecular weight excluding hydrogens is 519 g/mol. The van der Waals surface area contributed by atoms with Gasteiger partial charge in [-0.3, -0.25) is 4.98 Å². The topological polar surface area (TPSA) is 93.1 Å². The van der Waals surface area contributed by atoms with Gasteiger partial charge in [0.05, 0.1) is 11.3 Å². The Morgan fingerprint density at radius 1 is 0.658 bits per heavy atom. The van der Waals surface area contributed by atoms with Crippen molar-refractivity contribution < 1.29 is 30.7 Å². The Morgan fingerprint density at radius 2 is 1.37 bits per heavy atom.